The van der Waals surface area contributed by atoms with E-state index in [1.54, 1.807) is 12.1 Å². The lowest BCUT2D eigenvalue weighted by Gasteiger charge is -2.35. The number of benzene rings is 1. The van der Waals surface area contributed by atoms with Gasteiger partial charge in [0.2, 0.25) is 5.95 Å². The van der Waals surface area contributed by atoms with Gasteiger partial charge in [-0.1, -0.05) is 12.1 Å². The van der Waals surface area contributed by atoms with Crippen molar-refractivity contribution in [2.45, 2.75) is 25.4 Å². The normalized spacial score (nSPS) is 16.2. The lowest BCUT2D eigenvalue weighted by molar-refractivity contribution is 0.0696. The summed E-state index contributed by atoms with van der Waals surface area (Å²) in [6, 6.07) is 6.31. The van der Waals surface area contributed by atoms with Gasteiger partial charge in [-0.15, -0.1) is 0 Å². The van der Waals surface area contributed by atoms with Crippen molar-refractivity contribution in [3.63, 3.8) is 0 Å². The van der Waals surface area contributed by atoms with E-state index in [1.165, 1.54) is 12.1 Å². The molecule has 0 saturated heterocycles. The van der Waals surface area contributed by atoms with Crippen LogP contribution in [0, 0.1) is 0 Å². The first-order valence-electron chi connectivity index (χ1n) is 9.36. The predicted molar refractivity (Wildman–Crippen MR) is 111 cm³/mol. The number of hydrogen-bond donors (Lipinski definition) is 6. The number of nitrogens with two attached hydrogens (primary N) is 1. The Morgan fingerprint density at radius 3 is 2.63 bits per heavy atom. The number of nitrogen functional groups attached to an aromatic ring is 1. The molecule has 0 fully saturated rings. The smallest absolute Gasteiger partial charge is 0.335 e. The Morgan fingerprint density at radius 1 is 1.30 bits per heavy atom. The Hall–Kier alpha value is -2.72. The quantitative estimate of drug-likeness (QED) is 0.317. The molecule has 30 heavy (non-hydrogen) atoms. The molecule has 7 N–H and O–H groups in total. The van der Waals surface area contributed by atoms with Gasteiger partial charge in [-0.05, 0) is 37.1 Å². The third-order valence-corrected chi connectivity index (χ3v) is 5.88. The number of aromatic carboxylic acids is 1. The molecule has 1 atom stereocenters. The van der Waals surface area contributed by atoms with Gasteiger partial charge >= 0.3 is 13.6 Å². The average molecular weight is 437 g/mol. The zero-order valence-electron chi connectivity index (χ0n) is 16.1. The van der Waals surface area contributed by atoms with Gasteiger partial charge in [-0.3, -0.25) is 19.2 Å². The van der Waals surface area contributed by atoms with Crippen LogP contribution in [0.2, 0.25) is 0 Å². The fourth-order valence-corrected chi connectivity index (χ4v) is 4.04. The number of H-pyrrole nitrogens is 1. The summed E-state index contributed by atoms with van der Waals surface area (Å²) in [6.07, 6.45) is 0.433. The summed E-state index contributed by atoms with van der Waals surface area (Å²) in [5, 5.41) is 12.2. The van der Waals surface area contributed by atoms with E-state index in [4.69, 9.17) is 20.6 Å². The van der Waals surface area contributed by atoms with Crippen molar-refractivity contribution in [2.75, 3.05) is 30.3 Å². The summed E-state index contributed by atoms with van der Waals surface area (Å²) in [5.74, 6) is -0.547. The molecule has 2 heterocycles. The topological polar surface area (TPSA) is 182 Å². The summed E-state index contributed by atoms with van der Waals surface area (Å²) in [7, 11) is -4.12. The molecule has 0 radical (unpaired) electrons. The number of carbonyl (C=O) groups is 1. The van der Waals surface area contributed by atoms with Crippen molar-refractivity contribution >= 4 is 25.3 Å². The Morgan fingerprint density at radius 2 is 2.00 bits per heavy atom. The Bertz CT molecular complexity index is 1020. The van der Waals surface area contributed by atoms with Gasteiger partial charge < -0.3 is 25.9 Å². The minimum atomic E-state index is -4.12. The van der Waals surface area contributed by atoms with Crippen LogP contribution in [-0.2, 0) is 17.5 Å². The first-order chi connectivity index (χ1) is 14.1. The van der Waals surface area contributed by atoms with Crippen LogP contribution in [0.3, 0.4) is 0 Å². The van der Waals surface area contributed by atoms with Gasteiger partial charge in [-0.25, -0.2) is 4.79 Å². The third kappa shape index (κ3) is 5.67. The van der Waals surface area contributed by atoms with Crippen LogP contribution < -0.4 is 16.6 Å². The maximum absolute atomic E-state index is 12.3. The van der Waals surface area contributed by atoms with Gasteiger partial charge in [0.25, 0.3) is 5.56 Å². The van der Waals surface area contributed by atoms with Crippen molar-refractivity contribution in [3.8, 4) is 0 Å². The molecular weight excluding hydrogens is 413 g/mol. The second-order valence-corrected chi connectivity index (χ2v) is 9.01. The lowest BCUT2D eigenvalue weighted by Crippen LogP contribution is -2.46. The van der Waals surface area contributed by atoms with E-state index in [9.17, 15) is 14.2 Å². The highest BCUT2D eigenvalue weighted by Crippen LogP contribution is 2.35. The third-order valence-electron chi connectivity index (χ3n) is 4.98. The van der Waals surface area contributed by atoms with Gasteiger partial charge in [0.05, 0.1) is 17.3 Å². The van der Waals surface area contributed by atoms with E-state index in [0.717, 1.165) is 5.56 Å². The minimum absolute atomic E-state index is 0.0294. The van der Waals surface area contributed by atoms with Crippen LogP contribution in [0.1, 0.15) is 27.9 Å². The Balaban J connectivity index is 1.79. The highest BCUT2D eigenvalue weighted by atomic mass is 31.2. The molecular formula is C18H24N5O6P. The van der Waals surface area contributed by atoms with Crippen LogP contribution in [0.15, 0.2) is 29.1 Å². The fraction of sp³-hybridized carbons (Fsp3) is 0.389. The van der Waals surface area contributed by atoms with Crippen LogP contribution in [0.25, 0.3) is 0 Å². The molecule has 2 aromatic rings. The summed E-state index contributed by atoms with van der Waals surface area (Å²) in [5.41, 5.74) is 6.77. The van der Waals surface area contributed by atoms with E-state index < -0.39 is 13.6 Å². The van der Waals surface area contributed by atoms with Crippen molar-refractivity contribution in [2.24, 2.45) is 0 Å². The molecule has 1 aliphatic rings. The molecule has 0 saturated carbocycles. The number of nitrogens with zero attached hydrogens (tertiary/aromatic N) is 2. The summed E-state index contributed by atoms with van der Waals surface area (Å²) in [4.78, 5) is 50.3. The number of carboxylic acids is 1. The van der Waals surface area contributed by atoms with Crippen LogP contribution in [0.5, 0.6) is 0 Å². The fourth-order valence-electron chi connectivity index (χ4n) is 3.49. The number of nitrogens with one attached hydrogen (secondary N) is 2. The molecule has 1 aromatic heterocycles. The van der Waals surface area contributed by atoms with Crippen molar-refractivity contribution in [1.29, 1.82) is 0 Å². The van der Waals surface area contributed by atoms with Crippen LogP contribution in [-0.4, -0.2) is 61.0 Å². The maximum atomic E-state index is 12.3. The van der Waals surface area contributed by atoms with Crippen molar-refractivity contribution < 1.29 is 24.3 Å². The number of rotatable bonds is 8. The standard InChI is InChI=1S/C18H24N5O6P/c19-18-21-15-14(16(24)22-18)8-13(9-20-15)23(6-1-7-30(27,28)29)10-11-2-4-12(5-3-11)17(25)26/h2-5,13H,1,6-10H2,(H,25,26)(H2,27,28,29)(H4,19,20,21,22,24)/t13-/m1/s1. The second kappa shape index (κ2) is 8.97. The van der Waals surface area contributed by atoms with E-state index >= 15 is 0 Å². The van der Waals surface area contributed by atoms with Gasteiger partial charge in [0.15, 0.2) is 0 Å². The first-order valence-corrected chi connectivity index (χ1v) is 11.2. The van der Waals surface area contributed by atoms with Gasteiger partial charge in [0, 0.05) is 19.1 Å². The monoisotopic (exact) mass is 437 g/mol. The summed E-state index contributed by atoms with van der Waals surface area (Å²) >= 11 is 0. The predicted octanol–water partition coefficient (Wildman–Crippen LogP) is 0.457. The molecule has 0 unspecified atom stereocenters. The second-order valence-electron chi connectivity index (χ2n) is 7.23. The largest absolute Gasteiger partial charge is 0.478 e. The van der Waals surface area contributed by atoms with E-state index in [2.05, 4.69) is 15.3 Å². The summed E-state index contributed by atoms with van der Waals surface area (Å²) in [6.45, 7) is 1.31. The van der Waals surface area contributed by atoms with Crippen molar-refractivity contribution in [1.82, 2.24) is 14.9 Å². The molecule has 3 rings (SSSR count). The number of aromatic nitrogens is 2. The van der Waals surface area contributed by atoms with Crippen molar-refractivity contribution in [3.05, 3.63) is 51.3 Å². The number of fused-ring (bicyclic) bond motifs is 1. The highest BCUT2D eigenvalue weighted by molar-refractivity contribution is 7.51. The Labute approximate surface area is 172 Å². The van der Waals surface area contributed by atoms with E-state index in [-0.39, 0.29) is 35.7 Å². The Kier molecular flexibility index (Phi) is 6.57. The van der Waals surface area contributed by atoms with E-state index in [1.807, 2.05) is 4.90 Å². The molecule has 1 aliphatic heterocycles. The van der Waals surface area contributed by atoms with Gasteiger partial charge in [-0.2, -0.15) is 4.98 Å². The zero-order valence-corrected chi connectivity index (χ0v) is 17.0. The van der Waals surface area contributed by atoms with Crippen LogP contribution >= 0.6 is 7.60 Å². The van der Waals surface area contributed by atoms with Crippen LogP contribution in [0.4, 0.5) is 11.8 Å². The molecule has 0 amide bonds. The molecule has 1 aromatic carbocycles. The van der Waals surface area contributed by atoms with Gasteiger partial charge in [0.1, 0.15) is 5.82 Å². The lowest BCUT2D eigenvalue weighted by atomic mass is 10.0. The SMILES string of the molecule is Nc1nc2c(c(=O)[nH]1)C[C@@H](N(CCCP(=O)(O)O)Cc1ccc(C(=O)O)cc1)CN2. The molecule has 0 aliphatic carbocycles. The first kappa shape index (κ1) is 22.0. The maximum Gasteiger partial charge on any atom is 0.335 e. The number of anilines is 2. The molecule has 11 nitrogen and oxygen atoms in total. The molecule has 162 valence electrons. The summed E-state index contributed by atoms with van der Waals surface area (Å²) < 4.78 is 11.2. The minimum Gasteiger partial charge on any atom is -0.478 e. The highest BCUT2D eigenvalue weighted by Gasteiger charge is 2.27. The number of carboxylic acid groups (broad SMARTS) is 1. The number of hydrogen-bond acceptors (Lipinski definition) is 7. The molecule has 0 spiro atoms. The molecule has 12 heteroatoms. The zero-order chi connectivity index (χ0) is 21.9. The molecule has 0 bridgehead atoms. The van der Waals surface area contributed by atoms with E-state index in [0.29, 0.717) is 37.4 Å². The average Bonchev–Trinajstić information content (AvgIpc) is 2.66. The number of aromatic amines is 1.